The Morgan fingerprint density at radius 3 is 2.50 bits per heavy atom. The SMILES string of the molecule is CCN[C@H](C)CNC(=O)c1c(C)nn(C)c1C.Cl. The summed E-state index contributed by atoms with van der Waals surface area (Å²) in [7, 11) is 1.85. The minimum atomic E-state index is -0.0437. The van der Waals surface area contributed by atoms with E-state index in [1.54, 1.807) is 4.68 Å². The van der Waals surface area contributed by atoms with Gasteiger partial charge in [0.1, 0.15) is 0 Å². The zero-order valence-electron chi connectivity index (χ0n) is 11.7. The van der Waals surface area contributed by atoms with E-state index in [1.807, 2.05) is 34.7 Å². The van der Waals surface area contributed by atoms with E-state index in [0.717, 1.165) is 17.9 Å². The maximum absolute atomic E-state index is 12.0. The molecular formula is C12H23ClN4O. The lowest BCUT2D eigenvalue weighted by Crippen LogP contribution is -2.39. The molecule has 6 heteroatoms. The number of hydrogen-bond donors (Lipinski definition) is 2. The Labute approximate surface area is 115 Å². The third-order valence-electron chi connectivity index (χ3n) is 2.86. The van der Waals surface area contributed by atoms with Crippen molar-refractivity contribution in [2.75, 3.05) is 13.1 Å². The molecule has 1 rings (SSSR count). The Morgan fingerprint density at radius 2 is 2.06 bits per heavy atom. The minimum Gasteiger partial charge on any atom is -0.350 e. The van der Waals surface area contributed by atoms with E-state index in [2.05, 4.69) is 15.7 Å². The minimum absolute atomic E-state index is 0. The van der Waals surface area contributed by atoms with Crippen molar-refractivity contribution in [2.24, 2.45) is 7.05 Å². The fourth-order valence-corrected chi connectivity index (χ4v) is 1.86. The van der Waals surface area contributed by atoms with E-state index in [-0.39, 0.29) is 24.4 Å². The van der Waals surface area contributed by atoms with E-state index >= 15 is 0 Å². The molecule has 0 radical (unpaired) electrons. The number of nitrogens with zero attached hydrogens (tertiary/aromatic N) is 2. The number of aromatic nitrogens is 2. The molecular weight excluding hydrogens is 252 g/mol. The molecule has 104 valence electrons. The summed E-state index contributed by atoms with van der Waals surface area (Å²) in [6.45, 7) is 9.39. The van der Waals surface area contributed by atoms with Gasteiger partial charge in [-0.05, 0) is 27.3 Å². The highest BCUT2D eigenvalue weighted by Crippen LogP contribution is 2.11. The van der Waals surface area contributed by atoms with Crippen LogP contribution in [0, 0.1) is 13.8 Å². The van der Waals surface area contributed by atoms with Crippen LogP contribution in [-0.4, -0.2) is 34.8 Å². The predicted octanol–water partition coefficient (Wildman–Crippen LogP) is 1.19. The number of hydrogen-bond acceptors (Lipinski definition) is 3. The van der Waals surface area contributed by atoms with Crippen molar-refractivity contribution in [3.63, 3.8) is 0 Å². The van der Waals surface area contributed by atoms with Crippen molar-refractivity contribution in [1.29, 1.82) is 0 Å². The Balaban J connectivity index is 0.00000289. The first-order valence-corrected chi connectivity index (χ1v) is 5.99. The van der Waals surface area contributed by atoms with Gasteiger partial charge in [0, 0.05) is 25.3 Å². The molecule has 0 aromatic carbocycles. The average molecular weight is 275 g/mol. The fraction of sp³-hybridized carbons (Fsp3) is 0.667. The molecule has 1 aromatic rings. The first-order valence-electron chi connectivity index (χ1n) is 5.99. The molecule has 0 fully saturated rings. The molecule has 1 amide bonds. The lowest BCUT2D eigenvalue weighted by atomic mass is 10.2. The van der Waals surface area contributed by atoms with E-state index in [4.69, 9.17) is 0 Å². The lowest BCUT2D eigenvalue weighted by Gasteiger charge is -2.13. The molecule has 2 N–H and O–H groups in total. The van der Waals surface area contributed by atoms with Crippen molar-refractivity contribution in [2.45, 2.75) is 33.7 Å². The number of carbonyl (C=O) groups excluding carboxylic acids is 1. The number of carbonyl (C=O) groups is 1. The monoisotopic (exact) mass is 274 g/mol. The van der Waals surface area contributed by atoms with Crippen LogP contribution in [0.3, 0.4) is 0 Å². The van der Waals surface area contributed by atoms with Crippen molar-refractivity contribution >= 4 is 18.3 Å². The van der Waals surface area contributed by atoms with Crippen LogP contribution < -0.4 is 10.6 Å². The van der Waals surface area contributed by atoms with E-state index in [1.165, 1.54) is 0 Å². The number of likely N-dealkylation sites (N-methyl/N-ethyl adjacent to an activating group) is 1. The van der Waals surface area contributed by atoms with Crippen molar-refractivity contribution in [3.05, 3.63) is 17.0 Å². The zero-order chi connectivity index (χ0) is 13.0. The highest BCUT2D eigenvalue weighted by Gasteiger charge is 2.17. The molecule has 1 atom stereocenters. The van der Waals surface area contributed by atoms with Gasteiger partial charge in [-0.3, -0.25) is 9.48 Å². The van der Waals surface area contributed by atoms with Gasteiger partial charge in [-0.2, -0.15) is 5.10 Å². The van der Waals surface area contributed by atoms with Gasteiger partial charge in [-0.15, -0.1) is 12.4 Å². The van der Waals surface area contributed by atoms with E-state index < -0.39 is 0 Å². The maximum Gasteiger partial charge on any atom is 0.255 e. The largest absolute Gasteiger partial charge is 0.350 e. The quantitative estimate of drug-likeness (QED) is 0.848. The van der Waals surface area contributed by atoms with Crippen LogP contribution >= 0.6 is 12.4 Å². The van der Waals surface area contributed by atoms with E-state index in [0.29, 0.717) is 12.1 Å². The molecule has 18 heavy (non-hydrogen) atoms. The maximum atomic E-state index is 12.0. The molecule has 0 unspecified atom stereocenters. The third-order valence-corrected chi connectivity index (χ3v) is 2.86. The topological polar surface area (TPSA) is 58.9 Å². The molecule has 5 nitrogen and oxygen atoms in total. The molecule has 0 saturated heterocycles. The predicted molar refractivity (Wildman–Crippen MR) is 75.4 cm³/mol. The number of halogens is 1. The van der Waals surface area contributed by atoms with Gasteiger partial charge in [0.2, 0.25) is 0 Å². The van der Waals surface area contributed by atoms with Crippen LogP contribution in [0.4, 0.5) is 0 Å². The number of aryl methyl sites for hydroxylation is 2. The number of rotatable bonds is 5. The fourth-order valence-electron chi connectivity index (χ4n) is 1.86. The third kappa shape index (κ3) is 3.99. The Kier molecular flexibility index (Phi) is 6.94. The van der Waals surface area contributed by atoms with Crippen LogP contribution in [0.1, 0.15) is 35.6 Å². The van der Waals surface area contributed by atoms with Crippen LogP contribution in [-0.2, 0) is 7.05 Å². The molecule has 1 heterocycles. The van der Waals surface area contributed by atoms with Gasteiger partial charge in [0.05, 0.1) is 11.3 Å². The van der Waals surface area contributed by atoms with Crippen molar-refractivity contribution < 1.29 is 4.79 Å². The van der Waals surface area contributed by atoms with Crippen LogP contribution in [0.5, 0.6) is 0 Å². The number of nitrogens with one attached hydrogen (secondary N) is 2. The van der Waals surface area contributed by atoms with Gasteiger partial charge in [0.25, 0.3) is 5.91 Å². The summed E-state index contributed by atoms with van der Waals surface area (Å²) in [4.78, 5) is 12.0. The van der Waals surface area contributed by atoms with Crippen molar-refractivity contribution in [3.8, 4) is 0 Å². The summed E-state index contributed by atoms with van der Waals surface area (Å²) < 4.78 is 1.73. The zero-order valence-corrected chi connectivity index (χ0v) is 12.5. The molecule has 0 saturated carbocycles. The summed E-state index contributed by atoms with van der Waals surface area (Å²) >= 11 is 0. The van der Waals surface area contributed by atoms with Crippen LogP contribution in [0.2, 0.25) is 0 Å². The van der Waals surface area contributed by atoms with Gasteiger partial charge in [0.15, 0.2) is 0 Å². The first kappa shape index (κ1) is 16.9. The summed E-state index contributed by atoms with van der Waals surface area (Å²) in [6, 6.07) is 0.279. The Morgan fingerprint density at radius 1 is 1.44 bits per heavy atom. The number of amides is 1. The highest BCUT2D eigenvalue weighted by molar-refractivity contribution is 5.96. The van der Waals surface area contributed by atoms with Gasteiger partial charge >= 0.3 is 0 Å². The molecule has 0 aliphatic heterocycles. The second kappa shape index (κ2) is 7.38. The Hall–Kier alpha value is -1.07. The smallest absolute Gasteiger partial charge is 0.255 e. The standard InChI is InChI=1S/C12H22N4O.ClH/c1-6-13-8(2)7-14-12(17)11-9(3)15-16(5)10(11)4;/h8,13H,6-7H2,1-5H3,(H,14,17);1H/t8-;/m1./s1. The second-order valence-electron chi connectivity index (χ2n) is 4.34. The molecule has 0 aliphatic rings. The molecule has 0 spiro atoms. The molecule has 0 bridgehead atoms. The summed E-state index contributed by atoms with van der Waals surface area (Å²) in [5, 5.41) is 10.4. The summed E-state index contributed by atoms with van der Waals surface area (Å²) in [5.74, 6) is -0.0437. The van der Waals surface area contributed by atoms with Crippen molar-refractivity contribution in [1.82, 2.24) is 20.4 Å². The molecule has 0 aliphatic carbocycles. The van der Waals surface area contributed by atoms with Gasteiger partial charge in [-0.1, -0.05) is 6.92 Å². The van der Waals surface area contributed by atoms with Crippen LogP contribution in [0.25, 0.3) is 0 Å². The summed E-state index contributed by atoms with van der Waals surface area (Å²) in [6.07, 6.45) is 0. The lowest BCUT2D eigenvalue weighted by molar-refractivity contribution is 0.0949. The van der Waals surface area contributed by atoms with Gasteiger partial charge < -0.3 is 10.6 Å². The second-order valence-corrected chi connectivity index (χ2v) is 4.34. The van der Waals surface area contributed by atoms with E-state index in [9.17, 15) is 4.79 Å². The van der Waals surface area contributed by atoms with Crippen LogP contribution in [0.15, 0.2) is 0 Å². The molecule has 1 aromatic heterocycles. The Bertz CT molecular complexity index is 403. The first-order chi connectivity index (χ1) is 7.97. The van der Waals surface area contributed by atoms with Gasteiger partial charge in [-0.25, -0.2) is 0 Å². The summed E-state index contributed by atoms with van der Waals surface area (Å²) in [5.41, 5.74) is 2.37. The average Bonchev–Trinajstić information content (AvgIpc) is 2.50. The highest BCUT2D eigenvalue weighted by atomic mass is 35.5. The normalized spacial score (nSPS) is 11.8.